The Hall–Kier alpha value is -1.35. The van der Waals surface area contributed by atoms with E-state index in [0.717, 1.165) is 5.56 Å². The van der Waals surface area contributed by atoms with E-state index in [9.17, 15) is 4.79 Å². The lowest BCUT2D eigenvalue weighted by Gasteiger charge is -2.14. The molecular weight excluding hydrogens is 202 g/mol. The number of hydrogen-bond donors (Lipinski definition) is 2. The first-order valence-electron chi connectivity index (χ1n) is 5.56. The first-order valence-corrected chi connectivity index (χ1v) is 5.56. The second-order valence-electron chi connectivity index (χ2n) is 4.35. The molecule has 0 amide bonds. The SMILES string of the molecule is CC(C)c1ccc([C@H](CN)CC(=O)O)cc1. The van der Waals surface area contributed by atoms with Crippen molar-refractivity contribution >= 4 is 5.97 Å². The van der Waals surface area contributed by atoms with E-state index in [1.54, 1.807) is 0 Å². The van der Waals surface area contributed by atoms with Gasteiger partial charge in [-0.15, -0.1) is 0 Å². The number of carboxylic acid groups (broad SMARTS) is 1. The number of hydrogen-bond acceptors (Lipinski definition) is 2. The molecule has 0 fully saturated rings. The van der Waals surface area contributed by atoms with E-state index in [1.165, 1.54) is 5.56 Å². The van der Waals surface area contributed by atoms with Crippen LogP contribution in [0.5, 0.6) is 0 Å². The van der Waals surface area contributed by atoms with Crippen LogP contribution in [0.15, 0.2) is 24.3 Å². The van der Waals surface area contributed by atoms with E-state index in [2.05, 4.69) is 13.8 Å². The molecule has 1 rings (SSSR count). The summed E-state index contributed by atoms with van der Waals surface area (Å²) in [6.45, 7) is 4.63. The Labute approximate surface area is 96.3 Å². The Morgan fingerprint density at radius 1 is 1.25 bits per heavy atom. The van der Waals surface area contributed by atoms with Gasteiger partial charge in [-0.3, -0.25) is 4.79 Å². The summed E-state index contributed by atoms with van der Waals surface area (Å²) in [5.74, 6) is -0.396. The fraction of sp³-hybridized carbons (Fsp3) is 0.462. The third-order valence-corrected chi connectivity index (χ3v) is 2.78. The summed E-state index contributed by atoms with van der Waals surface area (Å²) in [4.78, 5) is 10.7. The highest BCUT2D eigenvalue weighted by atomic mass is 16.4. The molecule has 3 nitrogen and oxygen atoms in total. The predicted molar refractivity (Wildman–Crippen MR) is 64.6 cm³/mol. The number of rotatable bonds is 5. The van der Waals surface area contributed by atoms with E-state index in [4.69, 9.17) is 10.8 Å². The summed E-state index contributed by atoms with van der Waals surface area (Å²) >= 11 is 0. The molecule has 0 aliphatic heterocycles. The predicted octanol–water partition coefficient (Wildman–Crippen LogP) is 2.33. The molecule has 0 unspecified atom stereocenters. The monoisotopic (exact) mass is 221 g/mol. The zero-order chi connectivity index (χ0) is 12.1. The zero-order valence-corrected chi connectivity index (χ0v) is 9.81. The molecule has 0 spiro atoms. The van der Waals surface area contributed by atoms with Crippen LogP contribution in [-0.2, 0) is 4.79 Å². The lowest BCUT2D eigenvalue weighted by molar-refractivity contribution is -0.137. The Morgan fingerprint density at radius 3 is 2.12 bits per heavy atom. The lowest BCUT2D eigenvalue weighted by atomic mass is 9.93. The molecule has 0 heterocycles. The standard InChI is InChI=1S/C13H19NO2/c1-9(2)10-3-5-11(6-4-10)12(8-14)7-13(15)16/h3-6,9,12H,7-8,14H2,1-2H3,(H,15,16)/t12-/m0/s1. The molecule has 0 saturated carbocycles. The highest BCUT2D eigenvalue weighted by Gasteiger charge is 2.13. The van der Waals surface area contributed by atoms with Gasteiger partial charge in [0.1, 0.15) is 0 Å². The van der Waals surface area contributed by atoms with E-state index in [-0.39, 0.29) is 12.3 Å². The third kappa shape index (κ3) is 3.35. The normalized spacial score (nSPS) is 12.8. The van der Waals surface area contributed by atoms with Gasteiger partial charge in [0.15, 0.2) is 0 Å². The smallest absolute Gasteiger partial charge is 0.304 e. The minimum absolute atomic E-state index is 0.0845. The summed E-state index contributed by atoms with van der Waals surface area (Å²) in [6, 6.07) is 8.06. The zero-order valence-electron chi connectivity index (χ0n) is 9.81. The van der Waals surface area contributed by atoms with Crippen molar-refractivity contribution in [3.05, 3.63) is 35.4 Å². The van der Waals surface area contributed by atoms with Crippen molar-refractivity contribution in [1.29, 1.82) is 0 Å². The molecule has 0 bridgehead atoms. The van der Waals surface area contributed by atoms with Crippen molar-refractivity contribution in [2.24, 2.45) is 5.73 Å². The van der Waals surface area contributed by atoms with Gasteiger partial charge in [0.2, 0.25) is 0 Å². The number of carboxylic acids is 1. The lowest BCUT2D eigenvalue weighted by Crippen LogP contribution is -2.16. The van der Waals surface area contributed by atoms with Crippen LogP contribution in [0.2, 0.25) is 0 Å². The molecule has 0 aliphatic rings. The Bertz CT molecular complexity index is 343. The van der Waals surface area contributed by atoms with Crippen molar-refractivity contribution in [1.82, 2.24) is 0 Å². The second-order valence-corrected chi connectivity index (χ2v) is 4.35. The molecule has 0 aromatic heterocycles. The second kappa shape index (κ2) is 5.66. The van der Waals surface area contributed by atoms with Crippen molar-refractivity contribution in [2.45, 2.75) is 32.1 Å². The summed E-state index contributed by atoms with van der Waals surface area (Å²) in [7, 11) is 0. The fourth-order valence-electron chi connectivity index (χ4n) is 1.70. The summed E-state index contributed by atoms with van der Waals surface area (Å²) in [5, 5.41) is 8.76. The molecule has 3 heteroatoms. The first-order chi connectivity index (χ1) is 7.54. The van der Waals surface area contributed by atoms with E-state index in [0.29, 0.717) is 12.5 Å². The van der Waals surface area contributed by atoms with Gasteiger partial charge in [0.05, 0.1) is 6.42 Å². The van der Waals surface area contributed by atoms with Gasteiger partial charge in [-0.1, -0.05) is 38.1 Å². The van der Waals surface area contributed by atoms with Crippen LogP contribution in [0.4, 0.5) is 0 Å². The van der Waals surface area contributed by atoms with Gasteiger partial charge in [0.25, 0.3) is 0 Å². The van der Waals surface area contributed by atoms with Gasteiger partial charge >= 0.3 is 5.97 Å². The highest BCUT2D eigenvalue weighted by Crippen LogP contribution is 2.21. The Kier molecular flexibility index (Phi) is 4.50. The maximum atomic E-state index is 10.7. The van der Waals surface area contributed by atoms with Crippen LogP contribution >= 0.6 is 0 Å². The number of nitrogens with two attached hydrogens (primary N) is 1. The van der Waals surface area contributed by atoms with E-state index >= 15 is 0 Å². The third-order valence-electron chi connectivity index (χ3n) is 2.78. The van der Waals surface area contributed by atoms with Gasteiger partial charge in [-0.2, -0.15) is 0 Å². The van der Waals surface area contributed by atoms with Gasteiger partial charge in [-0.05, 0) is 23.6 Å². The first kappa shape index (κ1) is 12.7. The maximum Gasteiger partial charge on any atom is 0.304 e. The summed E-state index contributed by atoms with van der Waals surface area (Å²) < 4.78 is 0. The van der Waals surface area contributed by atoms with Crippen molar-refractivity contribution < 1.29 is 9.90 Å². The molecule has 1 aromatic rings. The summed E-state index contributed by atoms with van der Waals surface area (Å²) in [5.41, 5.74) is 7.86. The molecule has 1 aromatic carbocycles. The minimum atomic E-state index is -0.802. The van der Waals surface area contributed by atoms with Crippen LogP contribution in [0.3, 0.4) is 0 Å². The molecular formula is C13H19NO2. The van der Waals surface area contributed by atoms with Gasteiger partial charge in [-0.25, -0.2) is 0 Å². The number of benzene rings is 1. The molecule has 0 radical (unpaired) electrons. The molecule has 3 N–H and O–H groups in total. The largest absolute Gasteiger partial charge is 0.481 e. The van der Waals surface area contributed by atoms with Crippen LogP contribution in [0.25, 0.3) is 0 Å². The molecule has 88 valence electrons. The van der Waals surface area contributed by atoms with Crippen LogP contribution in [-0.4, -0.2) is 17.6 Å². The summed E-state index contributed by atoms with van der Waals surface area (Å²) in [6.07, 6.45) is 0.0948. The molecule has 1 atom stereocenters. The number of carbonyl (C=O) groups is 1. The average Bonchev–Trinajstić information content (AvgIpc) is 2.25. The van der Waals surface area contributed by atoms with Crippen molar-refractivity contribution in [3.63, 3.8) is 0 Å². The molecule has 0 saturated heterocycles. The Morgan fingerprint density at radius 2 is 1.75 bits per heavy atom. The van der Waals surface area contributed by atoms with E-state index < -0.39 is 5.97 Å². The average molecular weight is 221 g/mol. The van der Waals surface area contributed by atoms with Crippen LogP contribution in [0, 0.1) is 0 Å². The van der Waals surface area contributed by atoms with E-state index in [1.807, 2.05) is 24.3 Å². The van der Waals surface area contributed by atoms with Gasteiger partial charge in [0, 0.05) is 5.92 Å². The molecule has 16 heavy (non-hydrogen) atoms. The number of aliphatic carboxylic acids is 1. The minimum Gasteiger partial charge on any atom is -0.481 e. The fourth-order valence-corrected chi connectivity index (χ4v) is 1.70. The molecule has 0 aliphatic carbocycles. The van der Waals surface area contributed by atoms with Crippen LogP contribution < -0.4 is 5.73 Å². The van der Waals surface area contributed by atoms with Crippen molar-refractivity contribution in [2.75, 3.05) is 6.54 Å². The van der Waals surface area contributed by atoms with Gasteiger partial charge < -0.3 is 10.8 Å². The maximum absolute atomic E-state index is 10.7. The van der Waals surface area contributed by atoms with Crippen LogP contribution in [0.1, 0.15) is 43.2 Å². The quantitative estimate of drug-likeness (QED) is 0.802. The highest BCUT2D eigenvalue weighted by molar-refractivity contribution is 5.68. The topological polar surface area (TPSA) is 63.3 Å². The van der Waals surface area contributed by atoms with Crippen molar-refractivity contribution in [3.8, 4) is 0 Å². The Balaban J connectivity index is 2.82.